The van der Waals surface area contributed by atoms with Crippen LogP contribution in [0, 0.1) is 10.1 Å². The number of nitrogens with zero attached hydrogens (tertiary/aromatic N) is 1. The molecule has 0 saturated heterocycles. The topological polar surface area (TPSA) is 89.3 Å². The van der Waals surface area contributed by atoms with Crippen LogP contribution >= 0.6 is 15.9 Å². The van der Waals surface area contributed by atoms with Crippen LogP contribution in [0.25, 0.3) is 0 Å². The highest BCUT2D eigenvalue weighted by atomic mass is 79.9. The highest BCUT2D eigenvalue weighted by Gasteiger charge is 2.24. The normalized spacial score (nSPS) is 20.8. The summed E-state index contributed by atoms with van der Waals surface area (Å²) in [6, 6.07) is 4.13. The van der Waals surface area contributed by atoms with Crippen molar-refractivity contribution >= 4 is 37.1 Å². The minimum absolute atomic E-state index is 0.0831. The first kappa shape index (κ1) is 13.0. The number of rotatable bonds is 3. The van der Waals surface area contributed by atoms with Crippen LogP contribution in [0.5, 0.6) is 0 Å². The van der Waals surface area contributed by atoms with Gasteiger partial charge in [-0.25, -0.2) is 8.42 Å². The second-order valence-electron chi connectivity index (χ2n) is 3.83. The van der Waals surface area contributed by atoms with E-state index in [0.29, 0.717) is 10.2 Å². The zero-order valence-corrected chi connectivity index (χ0v) is 11.4. The molecule has 18 heavy (non-hydrogen) atoms. The van der Waals surface area contributed by atoms with Gasteiger partial charge < -0.3 is 5.32 Å². The summed E-state index contributed by atoms with van der Waals surface area (Å²) in [5, 5.41) is 14.8. The van der Waals surface area contributed by atoms with Crippen LogP contribution in [0.15, 0.2) is 34.2 Å². The molecule has 1 N–H and O–H groups in total. The van der Waals surface area contributed by atoms with E-state index in [4.69, 9.17) is 0 Å². The average molecular weight is 333 g/mol. The number of sulfone groups is 1. The monoisotopic (exact) mass is 332 g/mol. The van der Waals surface area contributed by atoms with Crippen LogP contribution in [0.4, 0.5) is 11.4 Å². The quantitative estimate of drug-likeness (QED) is 0.676. The Balaban J connectivity index is 2.25. The first-order chi connectivity index (χ1) is 8.37. The van der Waals surface area contributed by atoms with Crippen LogP contribution < -0.4 is 5.32 Å². The minimum atomic E-state index is -3.18. The number of nitro benzene ring substituents is 1. The molecule has 6 nitrogen and oxygen atoms in total. The van der Waals surface area contributed by atoms with E-state index >= 15 is 0 Å². The number of nitrogens with one attached hydrogen (secondary N) is 1. The molecule has 96 valence electrons. The van der Waals surface area contributed by atoms with Crippen molar-refractivity contribution in [1.29, 1.82) is 0 Å². The van der Waals surface area contributed by atoms with Gasteiger partial charge >= 0.3 is 0 Å². The fourth-order valence-corrected chi connectivity index (χ4v) is 3.23. The maximum Gasteiger partial charge on any atom is 0.293 e. The van der Waals surface area contributed by atoms with Crippen molar-refractivity contribution in [2.24, 2.45) is 0 Å². The van der Waals surface area contributed by atoms with Gasteiger partial charge in [-0.15, -0.1) is 0 Å². The molecule has 0 aromatic heterocycles. The molecule has 1 aliphatic rings. The molecule has 1 unspecified atom stereocenters. The van der Waals surface area contributed by atoms with Gasteiger partial charge in [0.25, 0.3) is 5.69 Å². The van der Waals surface area contributed by atoms with E-state index in [1.54, 1.807) is 12.1 Å². The number of benzene rings is 1. The predicted octanol–water partition coefficient (Wildman–Crippen LogP) is 2.08. The third-order valence-electron chi connectivity index (χ3n) is 2.43. The van der Waals surface area contributed by atoms with Crippen molar-refractivity contribution in [3.05, 3.63) is 44.3 Å². The van der Waals surface area contributed by atoms with Gasteiger partial charge in [0.2, 0.25) is 0 Å². The second-order valence-corrected chi connectivity index (χ2v) is 6.67. The van der Waals surface area contributed by atoms with Crippen molar-refractivity contribution in [2.45, 2.75) is 6.04 Å². The van der Waals surface area contributed by atoms with Gasteiger partial charge in [0.1, 0.15) is 5.69 Å². The van der Waals surface area contributed by atoms with Crippen LogP contribution in [0.2, 0.25) is 0 Å². The lowest BCUT2D eigenvalue weighted by Gasteiger charge is -2.11. The lowest BCUT2D eigenvalue weighted by Crippen LogP contribution is -2.21. The highest BCUT2D eigenvalue weighted by Crippen LogP contribution is 2.29. The highest BCUT2D eigenvalue weighted by molar-refractivity contribution is 9.10. The molecule has 1 heterocycles. The van der Waals surface area contributed by atoms with E-state index in [9.17, 15) is 18.5 Å². The molecule has 0 saturated carbocycles. The van der Waals surface area contributed by atoms with E-state index in [-0.39, 0.29) is 11.4 Å². The van der Waals surface area contributed by atoms with Crippen LogP contribution in [-0.2, 0) is 9.84 Å². The van der Waals surface area contributed by atoms with Crippen LogP contribution in [-0.4, -0.2) is 25.1 Å². The molecule has 8 heteroatoms. The Hall–Kier alpha value is -1.41. The lowest BCUT2D eigenvalue weighted by atomic mass is 10.2. The summed E-state index contributed by atoms with van der Waals surface area (Å²) in [5.74, 6) is -0.0831. The fraction of sp³-hybridized carbons (Fsp3) is 0.200. The van der Waals surface area contributed by atoms with Crippen molar-refractivity contribution in [3.8, 4) is 0 Å². The molecule has 0 aliphatic carbocycles. The molecule has 0 radical (unpaired) electrons. The van der Waals surface area contributed by atoms with E-state index in [1.165, 1.54) is 12.1 Å². The number of nitro groups is 1. The smallest absolute Gasteiger partial charge is 0.293 e. The number of halogens is 1. The minimum Gasteiger partial charge on any atom is -0.372 e. The van der Waals surface area contributed by atoms with E-state index in [2.05, 4.69) is 21.2 Å². The Morgan fingerprint density at radius 3 is 2.72 bits per heavy atom. The third-order valence-corrected chi connectivity index (χ3v) is 4.32. The summed E-state index contributed by atoms with van der Waals surface area (Å²) in [5.41, 5.74) is 0.206. The standard InChI is InChI=1S/C10H9BrN2O4S/c11-7-1-2-9(10(5-7)13(14)15)12-8-3-4-18(16,17)6-8/h1-5,8,12H,6H2. The first-order valence-electron chi connectivity index (χ1n) is 4.99. The Morgan fingerprint density at radius 2 is 2.17 bits per heavy atom. The summed E-state index contributed by atoms with van der Waals surface area (Å²) in [6.45, 7) is 0. The van der Waals surface area contributed by atoms with Gasteiger partial charge in [-0.2, -0.15) is 0 Å². The number of hydrogen-bond donors (Lipinski definition) is 1. The molecule has 0 amide bonds. The Morgan fingerprint density at radius 1 is 1.44 bits per heavy atom. The van der Waals surface area contributed by atoms with Gasteiger partial charge in [-0.3, -0.25) is 10.1 Å². The molecule has 0 fully saturated rings. The molecular formula is C10H9BrN2O4S. The molecule has 1 aliphatic heterocycles. The lowest BCUT2D eigenvalue weighted by molar-refractivity contribution is -0.384. The Bertz CT molecular complexity index is 627. The maximum atomic E-state index is 11.2. The van der Waals surface area contributed by atoms with Gasteiger partial charge in [-0.05, 0) is 12.1 Å². The van der Waals surface area contributed by atoms with Crippen molar-refractivity contribution in [3.63, 3.8) is 0 Å². The third kappa shape index (κ3) is 2.88. The van der Waals surface area contributed by atoms with Crippen LogP contribution in [0.3, 0.4) is 0 Å². The fourth-order valence-electron chi connectivity index (χ4n) is 1.64. The Labute approximate surface area is 112 Å². The van der Waals surface area contributed by atoms with Crippen molar-refractivity contribution < 1.29 is 13.3 Å². The average Bonchev–Trinajstić information content (AvgIpc) is 2.60. The molecule has 1 atom stereocenters. The molecular weight excluding hydrogens is 324 g/mol. The number of anilines is 1. The van der Waals surface area contributed by atoms with E-state index < -0.39 is 20.8 Å². The molecule has 0 spiro atoms. The summed E-state index contributed by atoms with van der Waals surface area (Å²) >= 11 is 3.15. The Kier molecular flexibility index (Phi) is 3.40. The number of hydrogen-bond acceptors (Lipinski definition) is 5. The zero-order chi connectivity index (χ0) is 13.3. The molecule has 1 aromatic carbocycles. The zero-order valence-electron chi connectivity index (χ0n) is 9.04. The first-order valence-corrected chi connectivity index (χ1v) is 7.50. The van der Waals surface area contributed by atoms with Gasteiger partial charge in [-0.1, -0.05) is 22.0 Å². The van der Waals surface area contributed by atoms with Crippen molar-refractivity contribution in [2.75, 3.05) is 11.1 Å². The molecule has 1 aromatic rings. The summed E-state index contributed by atoms with van der Waals surface area (Å²) < 4.78 is 23.1. The van der Waals surface area contributed by atoms with E-state index in [0.717, 1.165) is 5.41 Å². The van der Waals surface area contributed by atoms with Gasteiger partial charge in [0.15, 0.2) is 9.84 Å². The van der Waals surface area contributed by atoms with Gasteiger partial charge in [0.05, 0.1) is 16.7 Å². The largest absolute Gasteiger partial charge is 0.372 e. The van der Waals surface area contributed by atoms with Crippen LogP contribution in [0.1, 0.15) is 0 Å². The van der Waals surface area contributed by atoms with Crippen molar-refractivity contribution in [1.82, 2.24) is 0 Å². The van der Waals surface area contributed by atoms with Gasteiger partial charge in [0, 0.05) is 15.9 Å². The molecule has 2 rings (SSSR count). The SMILES string of the molecule is O=[N+]([O-])c1cc(Br)ccc1NC1C=CS(=O)(=O)C1. The summed E-state index contributed by atoms with van der Waals surface area (Å²) in [6.07, 6.45) is 1.49. The second kappa shape index (κ2) is 4.69. The summed E-state index contributed by atoms with van der Waals surface area (Å²) in [4.78, 5) is 10.4. The van der Waals surface area contributed by atoms with E-state index in [1.807, 2.05) is 0 Å². The predicted molar refractivity (Wildman–Crippen MR) is 71.1 cm³/mol. The maximum absolute atomic E-state index is 11.2. The molecule has 0 bridgehead atoms. The summed E-state index contributed by atoms with van der Waals surface area (Å²) in [7, 11) is -3.18.